The van der Waals surface area contributed by atoms with E-state index in [1.807, 2.05) is 77.9 Å². The summed E-state index contributed by atoms with van der Waals surface area (Å²) in [6, 6.07) is 11.3. The number of ether oxygens (including phenoxy) is 2. The lowest BCUT2D eigenvalue weighted by molar-refractivity contribution is -0.124. The van der Waals surface area contributed by atoms with Crippen LogP contribution in [0.5, 0.6) is 11.5 Å². The van der Waals surface area contributed by atoms with Crippen molar-refractivity contribution < 1.29 is 19.1 Å². The number of carbonyl (C=O) groups excluding carboxylic acids is 2. The molecular formula is C25H34BrN3O4. The highest BCUT2D eigenvalue weighted by Gasteiger charge is 2.16. The molecule has 2 aromatic rings. The van der Waals surface area contributed by atoms with E-state index in [-0.39, 0.29) is 29.9 Å². The van der Waals surface area contributed by atoms with Crippen LogP contribution in [-0.4, -0.2) is 30.6 Å². The molecule has 0 heterocycles. The molecule has 0 aliphatic carbocycles. The van der Waals surface area contributed by atoms with Gasteiger partial charge in [0.1, 0.15) is 0 Å². The summed E-state index contributed by atoms with van der Waals surface area (Å²) in [6.45, 7) is 12.3. The lowest BCUT2D eigenvalue weighted by atomic mass is 10.1. The van der Waals surface area contributed by atoms with Gasteiger partial charge in [0.2, 0.25) is 5.91 Å². The molecule has 0 saturated carbocycles. The van der Waals surface area contributed by atoms with Crippen molar-refractivity contribution in [2.24, 2.45) is 5.92 Å². The van der Waals surface area contributed by atoms with Crippen molar-refractivity contribution in [1.29, 1.82) is 0 Å². The lowest BCUT2D eigenvalue weighted by Crippen LogP contribution is -2.43. The molecule has 0 unspecified atom stereocenters. The standard InChI is InChI=1S/C25H34BrN3O4/c1-7-32-21-12-17(20(26)13-22(21)33-15-23(30)29-25(4,5)6)14-27-18-8-10-19(11-9-18)28-24(31)16(2)3/h8-13,16,27H,7,14-15H2,1-6H3,(H,28,31)(H,29,30). The smallest absolute Gasteiger partial charge is 0.258 e. The Hall–Kier alpha value is -2.74. The largest absolute Gasteiger partial charge is 0.490 e. The second-order valence-corrected chi connectivity index (χ2v) is 9.84. The number of hydrogen-bond donors (Lipinski definition) is 3. The molecule has 0 atom stereocenters. The normalized spacial score (nSPS) is 11.2. The molecule has 0 aromatic heterocycles. The highest BCUT2D eigenvalue weighted by Crippen LogP contribution is 2.34. The molecule has 33 heavy (non-hydrogen) atoms. The highest BCUT2D eigenvalue weighted by molar-refractivity contribution is 9.10. The molecule has 0 saturated heterocycles. The Labute approximate surface area is 204 Å². The number of hydrogen-bond acceptors (Lipinski definition) is 5. The maximum absolute atomic E-state index is 12.1. The van der Waals surface area contributed by atoms with Crippen molar-refractivity contribution in [1.82, 2.24) is 5.32 Å². The van der Waals surface area contributed by atoms with Crippen LogP contribution in [0.2, 0.25) is 0 Å². The van der Waals surface area contributed by atoms with Crippen LogP contribution < -0.4 is 25.4 Å². The number of benzene rings is 2. The van der Waals surface area contributed by atoms with E-state index in [0.717, 1.165) is 21.4 Å². The summed E-state index contributed by atoms with van der Waals surface area (Å²) in [5.41, 5.74) is 2.33. The molecule has 0 spiro atoms. The SMILES string of the molecule is CCOc1cc(CNc2ccc(NC(=O)C(C)C)cc2)c(Br)cc1OCC(=O)NC(C)(C)C. The van der Waals surface area contributed by atoms with E-state index in [0.29, 0.717) is 24.7 Å². The van der Waals surface area contributed by atoms with Gasteiger partial charge < -0.3 is 25.4 Å². The second-order valence-electron chi connectivity index (χ2n) is 8.99. The predicted octanol–water partition coefficient (Wildman–Crippen LogP) is 5.35. The molecule has 2 aromatic carbocycles. The molecule has 2 amide bonds. The number of amides is 2. The van der Waals surface area contributed by atoms with Crippen molar-refractivity contribution in [2.75, 3.05) is 23.8 Å². The topological polar surface area (TPSA) is 88.7 Å². The van der Waals surface area contributed by atoms with Crippen molar-refractivity contribution >= 4 is 39.1 Å². The monoisotopic (exact) mass is 519 g/mol. The summed E-state index contributed by atoms with van der Waals surface area (Å²) in [5, 5.41) is 9.12. The molecule has 180 valence electrons. The van der Waals surface area contributed by atoms with Crippen molar-refractivity contribution in [3.05, 3.63) is 46.4 Å². The predicted molar refractivity (Wildman–Crippen MR) is 136 cm³/mol. The van der Waals surface area contributed by atoms with Gasteiger partial charge >= 0.3 is 0 Å². The van der Waals surface area contributed by atoms with Crippen LogP contribution >= 0.6 is 15.9 Å². The molecular weight excluding hydrogens is 486 g/mol. The molecule has 2 rings (SSSR count). The van der Waals surface area contributed by atoms with Crippen LogP contribution in [0.25, 0.3) is 0 Å². The van der Waals surface area contributed by atoms with Gasteiger partial charge in [0, 0.05) is 33.8 Å². The summed E-state index contributed by atoms with van der Waals surface area (Å²) in [4.78, 5) is 23.9. The van der Waals surface area contributed by atoms with Gasteiger partial charge in [-0.2, -0.15) is 0 Å². The number of rotatable bonds is 10. The van der Waals surface area contributed by atoms with E-state index in [1.165, 1.54) is 0 Å². The zero-order valence-corrected chi connectivity index (χ0v) is 21.8. The number of nitrogens with one attached hydrogen (secondary N) is 3. The second kappa shape index (κ2) is 11.9. The van der Waals surface area contributed by atoms with Gasteiger partial charge in [-0.05, 0) is 69.7 Å². The summed E-state index contributed by atoms with van der Waals surface area (Å²) < 4.78 is 12.3. The third-order valence-electron chi connectivity index (χ3n) is 4.45. The molecule has 7 nitrogen and oxygen atoms in total. The van der Waals surface area contributed by atoms with Crippen molar-refractivity contribution in [2.45, 2.75) is 53.6 Å². The van der Waals surface area contributed by atoms with E-state index >= 15 is 0 Å². The first-order valence-corrected chi connectivity index (χ1v) is 11.8. The fraction of sp³-hybridized carbons (Fsp3) is 0.440. The lowest BCUT2D eigenvalue weighted by Gasteiger charge is -2.21. The minimum absolute atomic E-state index is 0.0127. The van der Waals surface area contributed by atoms with Gasteiger partial charge in [-0.25, -0.2) is 0 Å². The first kappa shape index (κ1) is 26.5. The molecule has 0 bridgehead atoms. The van der Waals surface area contributed by atoms with Gasteiger partial charge in [0.25, 0.3) is 5.91 Å². The Morgan fingerprint density at radius 2 is 1.61 bits per heavy atom. The first-order valence-electron chi connectivity index (χ1n) is 11.0. The third kappa shape index (κ3) is 8.96. The van der Waals surface area contributed by atoms with E-state index in [1.54, 1.807) is 0 Å². The minimum Gasteiger partial charge on any atom is -0.490 e. The van der Waals surface area contributed by atoms with E-state index in [2.05, 4.69) is 31.9 Å². The van der Waals surface area contributed by atoms with Crippen LogP contribution in [0.4, 0.5) is 11.4 Å². The molecule has 0 aliphatic rings. The Kier molecular flexibility index (Phi) is 9.58. The summed E-state index contributed by atoms with van der Waals surface area (Å²) in [7, 11) is 0. The average Bonchev–Trinajstić information content (AvgIpc) is 2.72. The zero-order chi connectivity index (χ0) is 24.6. The maximum Gasteiger partial charge on any atom is 0.258 e. The minimum atomic E-state index is -0.322. The highest BCUT2D eigenvalue weighted by atomic mass is 79.9. The summed E-state index contributed by atoms with van der Waals surface area (Å²) in [5.74, 6) is 0.801. The van der Waals surface area contributed by atoms with E-state index in [4.69, 9.17) is 9.47 Å². The Morgan fingerprint density at radius 1 is 1.00 bits per heavy atom. The zero-order valence-electron chi connectivity index (χ0n) is 20.2. The Morgan fingerprint density at radius 3 is 2.18 bits per heavy atom. The Balaban J connectivity index is 2.04. The van der Waals surface area contributed by atoms with Crippen molar-refractivity contribution in [3.8, 4) is 11.5 Å². The van der Waals surface area contributed by atoms with Crippen LogP contribution in [-0.2, 0) is 16.1 Å². The van der Waals surface area contributed by atoms with Gasteiger partial charge in [-0.3, -0.25) is 9.59 Å². The fourth-order valence-electron chi connectivity index (χ4n) is 2.85. The van der Waals surface area contributed by atoms with Crippen LogP contribution in [0, 0.1) is 5.92 Å². The maximum atomic E-state index is 12.1. The van der Waals surface area contributed by atoms with E-state index < -0.39 is 0 Å². The molecule has 3 N–H and O–H groups in total. The van der Waals surface area contributed by atoms with Crippen LogP contribution in [0.3, 0.4) is 0 Å². The molecule has 0 fully saturated rings. The summed E-state index contributed by atoms with van der Waals surface area (Å²) >= 11 is 3.59. The number of carbonyl (C=O) groups is 2. The van der Waals surface area contributed by atoms with Gasteiger partial charge in [0.15, 0.2) is 18.1 Å². The number of anilines is 2. The molecule has 0 aliphatic heterocycles. The van der Waals surface area contributed by atoms with E-state index in [9.17, 15) is 9.59 Å². The van der Waals surface area contributed by atoms with Crippen LogP contribution in [0.15, 0.2) is 40.9 Å². The molecule has 0 radical (unpaired) electrons. The van der Waals surface area contributed by atoms with Gasteiger partial charge in [0.05, 0.1) is 6.61 Å². The Bertz CT molecular complexity index is 953. The fourth-order valence-corrected chi connectivity index (χ4v) is 3.31. The third-order valence-corrected chi connectivity index (χ3v) is 5.18. The average molecular weight is 520 g/mol. The first-order chi connectivity index (χ1) is 15.5. The van der Waals surface area contributed by atoms with Crippen molar-refractivity contribution in [3.63, 3.8) is 0 Å². The van der Waals surface area contributed by atoms with Gasteiger partial charge in [-0.15, -0.1) is 0 Å². The summed E-state index contributed by atoms with van der Waals surface area (Å²) in [6.07, 6.45) is 0. The van der Waals surface area contributed by atoms with Gasteiger partial charge in [-0.1, -0.05) is 29.8 Å². The number of halogens is 1. The quantitative estimate of drug-likeness (QED) is 0.393. The molecule has 8 heteroatoms. The van der Waals surface area contributed by atoms with Crippen LogP contribution in [0.1, 0.15) is 47.1 Å².